The van der Waals surface area contributed by atoms with Gasteiger partial charge in [0.2, 0.25) is 5.91 Å². The fraction of sp³-hybridized carbons (Fsp3) is 0.333. The maximum absolute atomic E-state index is 13.0. The lowest BCUT2D eigenvalue weighted by Gasteiger charge is -2.18. The Hall–Kier alpha value is -2.80. The number of nitrogens with zero attached hydrogens (tertiary/aromatic N) is 4. The number of aromatic nitrogens is 3. The number of carbonyl (C=O) groups is 1. The van der Waals surface area contributed by atoms with Crippen LogP contribution in [0.2, 0.25) is 0 Å². The van der Waals surface area contributed by atoms with Gasteiger partial charge in [0.05, 0.1) is 22.9 Å². The molecule has 3 aromatic rings. The van der Waals surface area contributed by atoms with E-state index in [0.717, 1.165) is 30.5 Å². The van der Waals surface area contributed by atoms with Gasteiger partial charge in [-0.2, -0.15) is 0 Å². The molecule has 1 aromatic carbocycles. The molecule has 1 aliphatic carbocycles. The lowest BCUT2D eigenvalue weighted by atomic mass is 10.0. The molecule has 1 aliphatic rings. The van der Waals surface area contributed by atoms with Gasteiger partial charge in [0.1, 0.15) is 6.54 Å². The lowest BCUT2D eigenvalue weighted by Crippen LogP contribution is -2.36. The monoisotopic (exact) mass is 394 g/mol. The zero-order valence-electron chi connectivity index (χ0n) is 15.9. The van der Waals surface area contributed by atoms with Crippen LogP contribution >= 0.6 is 11.3 Å². The topological polar surface area (TPSA) is 68.1 Å². The van der Waals surface area contributed by atoms with Gasteiger partial charge >= 0.3 is 0 Å². The van der Waals surface area contributed by atoms with Crippen LogP contribution in [0, 0.1) is 6.92 Å². The Morgan fingerprint density at radius 2 is 2.18 bits per heavy atom. The summed E-state index contributed by atoms with van der Waals surface area (Å²) in [5.74, 6) is -0.193. The average Bonchev–Trinajstić information content (AvgIpc) is 3.12. The third-order valence-corrected chi connectivity index (χ3v) is 6.22. The molecule has 2 aromatic heterocycles. The summed E-state index contributed by atoms with van der Waals surface area (Å²) in [5, 5.41) is 1.21. The van der Waals surface area contributed by atoms with Gasteiger partial charge in [0, 0.05) is 11.4 Å². The summed E-state index contributed by atoms with van der Waals surface area (Å²) < 4.78 is 1.37. The molecule has 2 heterocycles. The zero-order valence-corrected chi connectivity index (χ0v) is 16.7. The standard InChI is InChI=1S/C21H22N4O2S/c1-3-11-25(21-23-16-9-4-5-10-17(16)28-21)18(26)12-24-13-22-19-14(2)7-6-8-15(19)20(24)27/h3,6-8,13H,1,4-5,9-12H2,2H3. The Kier molecular flexibility index (Phi) is 5.09. The van der Waals surface area contributed by atoms with Gasteiger partial charge in [-0.25, -0.2) is 9.97 Å². The maximum Gasteiger partial charge on any atom is 0.261 e. The van der Waals surface area contributed by atoms with Crippen molar-refractivity contribution in [1.82, 2.24) is 14.5 Å². The molecule has 144 valence electrons. The number of thiazole rings is 1. The minimum Gasteiger partial charge on any atom is -0.289 e. The van der Waals surface area contributed by atoms with E-state index in [1.165, 1.54) is 22.2 Å². The van der Waals surface area contributed by atoms with Crippen molar-refractivity contribution in [1.29, 1.82) is 0 Å². The van der Waals surface area contributed by atoms with Gasteiger partial charge in [0.25, 0.3) is 5.56 Å². The summed E-state index contributed by atoms with van der Waals surface area (Å²) in [7, 11) is 0. The number of para-hydroxylation sites is 1. The van der Waals surface area contributed by atoms with Crippen molar-refractivity contribution in [3.63, 3.8) is 0 Å². The van der Waals surface area contributed by atoms with Gasteiger partial charge < -0.3 is 0 Å². The third kappa shape index (κ3) is 3.38. The number of hydrogen-bond donors (Lipinski definition) is 0. The number of carbonyl (C=O) groups excluding carboxylic acids is 1. The van der Waals surface area contributed by atoms with Gasteiger partial charge in [-0.1, -0.05) is 18.2 Å². The molecule has 0 unspecified atom stereocenters. The Labute approximate surface area is 167 Å². The second kappa shape index (κ2) is 7.67. The molecular formula is C21H22N4O2S. The number of benzene rings is 1. The molecule has 0 spiro atoms. The molecule has 6 nitrogen and oxygen atoms in total. The molecule has 1 amide bonds. The second-order valence-electron chi connectivity index (χ2n) is 7.02. The van der Waals surface area contributed by atoms with Crippen LogP contribution in [-0.4, -0.2) is 27.0 Å². The predicted molar refractivity (Wildman–Crippen MR) is 112 cm³/mol. The number of hydrogen-bond acceptors (Lipinski definition) is 5. The predicted octanol–water partition coefficient (Wildman–Crippen LogP) is 3.26. The van der Waals surface area contributed by atoms with Crippen molar-refractivity contribution in [3.05, 3.63) is 63.7 Å². The van der Waals surface area contributed by atoms with Crippen LogP contribution in [0.3, 0.4) is 0 Å². The molecular weight excluding hydrogens is 372 g/mol. The Bertz CT molecular complexity index is 1090. The van der Waals surface area contributed by atoms with E-state index in [1.54, 1.807) is 28.4 Å². The largest absolute Gasteiger partial charge is 0.289 e. The van der Waals surface area contributed by atoms with E-state index in [0.29, 0.717) is 22.6 Å². The summed E-state index contributed by atoms with van der Waals surface area (Å²) in [6.07, 6.45) is 7.44. The Balaban J connectivity index is 1.64. The molecule has 4 rings (SSSR count). The highest BCUT2D eigenvalue weighted by Crippen LogP contribution is 2.32. The van der Waals surface area contributed by atoms with Crippen LogP contribution in [0.5, 0.6) is 0 Å². The summed E-state index contributed by atoms with van der Waals surface area (Å²) >= 11 is 1.57. The van der Waals surface area contributed by atoms with Crippen LogP contribution in [0.15, 0.2) is 42.0 Å². The minimum absolute atomic E-state index is 0.0756. The van der Waals surface area contributed by atoms with E-state index >= 15 is 0 Å². The quantitative estimate of drug-likeness (QED) is 0.623. The minimum atomic E-state index is -0.209. The van der Waals surface area contributed by atoms with Crippen molar-refractivity contribution >= 4 is 33.3 Å². The average molecular weight is 395 g/mol. The summed E-state index contributed by atoms with van der Waals surface area (Å²) in [6, 6.07) is 5.49. The molecule has 7 heteroatoms. The number of aryl methyl sites for hydroxylation is 3. The van der Waals surface area contributed by atoms with Crippen LogP contribution in [0.4, 0.5) is 5.13 Å². The first-order chi connectivity index (χ1) is 13.6. The Morgan fingerprint density at radius 3 is 2.96 bits per heavy atom. The van der Waals surface area contributed by atoms with Crippen molar-refractivity contribution in [2.75, 3.05) is 11.4 Å². The van der Waals surface area contributed by atoms with E-state index in [1.807, 2.05) is 19.1 Å². The SMILES string of the molecule is C=CCN(C(=O)Cn1cnc2c(C)cccc2c1=O)c1nc2c(s1)CCCC2. The van der Waals surface area contributed by atoms with Crippen molar-refractivity contribution in [2.24, 2.45) is 0 Å². The summed E-state index contributed by atoms with van der Waals surface area (Å²) in [4.78, 5) is 37.8. The molecule has 0 saturated heterocycles. The molecule has 0 radical (unpaired) electrons. The van der Waals surface area contributed by atoms with E-state index in [4.69, 9.17) is 0 Å². The first-order valence-electron chi connectivity index (χ1n) is 9.43. The van der Waals surface area contributed by atoms with Gasteiger partial charge in [-0.05, 0) is 44.2 Å². The molecule has 0 fully saturated rings. The molecule has 0 aliphatic heterocycles. The highest BCUT2D eigenvalue weighted by Gasteiger charge is 2.23. The molecule has 28 heavy (non-hydrogen) atoms. The van der Waals surface area contributed by atoms with Crippen molar-refractivity contribution in [3.8, 4) is 0 Å². The number of amides is 1. The first-order valence-corrected chi connectivity index (χ1v) is 10.2. The van der Waals surface area contributed by atoms with Gasteiger partial charge in [-0.15, -0.1) is 17.9 Å². The molecule has 0 bridgehead atoms. The van der Waals surface area contributed by atoms with Crippen LogP contribution in [0.25, 0.3) is 10.9 Å². The lowest BCUT2D eigenvalue weighted by molar-refractivity contribution is -0.119. The molecule has 0 atom stereocenters. The zero-order chi connectivity index (χ0) is 19.7. The maximum atomic E-state index is 13.0. The van der Waals surface area contributed by atoms with E-state index in [-0.39, 0.29) is 18.0 Å². The fourth-order valence-corrected chi connectivity index (χ4v) is 4.73. The van der Waals surface area contributed by atoms with Gasteiger partial charge in [0.15, 0.2) is 5.13 Å². The highest BCUT2D eigenvalue weighted by molar-refractivity contribution is 7.16. The molecule has 0 N–H and O–H groups in total. The smallest absolute Gasteiger partial charge is 0.261 e. The van der Waals surface area contributed by atoms with E-state index in [2.05, 4.69) is 16.5 Å². The van der Waals surface area contributed by atoms with Crippen LogP contribution in [-0.2, 0) is 24.2 Å². The summed E-state index contributed by atoms with van der Waals surface area (Å²) in [5.41, 5.74) is 2.51. The number of fused-ring (bicyclic) bond motifs is 2. The normalized spacial score (nSPS) is 13.3. The van der Waals surface area contributed by atoms with Crippen LogP contribution in [0.1, 0.15) is 29.0 Å². The van der Waals surface area contributed by atoms with Crippen LogP contribution < -0.4 is 10.5 Å². The number of anilines is 1. The Morgan fingerprint density at radius 1 is 1.36 bits per heavy atom. The number of rotatable bonds is 5. The molecule has 0 saturated carbocycles. The van der Waals surface area contributed by atoms with E-state index < -0.39 is 0 Å². The van der Waals surface area contributed by atoms with Crippen molar-refractivity contribution in [2.45, 2.75) is 39.2 Å². The van der Waals surface area contributed by atoms with Crippen molar-refractivity contribution < 1.29 is 4.79 Å². The fourth-order valence-electron chi connectivity index (χ4n) is 3.55. The van der Waals surface area contributed by atoms with Gasteiger partial charge in [-0.3, -0.25) is 19.1 Å². The third-order valence-electron chi connectivity index (χ3n) is 5.04. The highest BCUT2D eigenvalue weighted by atomic mass is 32.1. The first kappa shape index (κ1) is 18.6. The van der Waals surface area contributed by atoms with E-state index in [9.17, 15) is 9.59 Å². The summed E-state index contributed by atoms with van der Waals surface area (Å²) in [6.45, 7) is 5.97. The second-order valence-corrected chi connectivity index (χ2v) is 8.08.